The molecule has 0 aromatic carbocycles. The van der Waals surface area contributed by atoms with Gasteiger partial charge in [-0.15, -0.1) is 11.6 Å². The van der Waals surface area contributed by atoms with Gasteiger partial charge in [-0.1, -0.05) is 58.3 Å². The maximum absolute atomic E-state index is 11.9. The molecule has 1 amide bonds. The summed E-state index contributed by atoms with van der Waals surface area (Å²) in [7, 11) is 0. The number of alkyl halides is 1. The van der Waals surface area contributed by atoms with E-state index in [1.807, 2.05) is 0 Å². The van der Waals surface area contributed by atoms with Crippen molar-refractivity contribution in [2.75, 3.05) is 0 Å². The minimum atomic E-state index is 0.246. The van der Waals surface area contributed by atoms with Crippen molar-refractivity contribution in [2.24, 2.45) is 0 Å². The largest absolute Gasteiger partial charge is 0.353 e. The third kappa shape index (κ3) is 10.2. The predicted octanol–water partition coefficient (Wildman–Crippen LogP) is 5.57. The Morgan fingerprint density at radius 3 is 2.00 bits per heavy atom. The van der Waals surface area contributed by atoms with Crippen LogP contribution in [0.2, 0.25) is 0 Å². The zero-order chi connectivity index (χ0) is 15.3. The van der Waals surface area contributed by atoms with E-state index in [0.717, 1.165) is 32.1 Å². The van der Waals surface area contributed by atoms with Gasteiger partial charge in [0, 0.05) is 17.8 Å². The average molecular weight is 316 g/mol. The van der Waals surface area contributed by atoms with Gasteiger partial charge in [0.25, 0.3) is 0 Å². The summed E-state index contributed by atoms with van der Waals surface area (Å²) in [5.74, 6) is 0.246. The molecule has 3 heteroatoms. The van der Waals surface area contributed by atoms with Crippen LogP contribution in [-0.4, -0.2) is 17.3 Å². The van der Waals surface area contributed by atoms with Crippen LogP contribution >= 0.6 is 11.6 Å². The van der Waals surface area contributed by atoms with Crippen molar-refractivity contribution in [3.8, 4) is 0 Å². The Bertz CT molecular complexity index is 262. The lowest BCUT2D eigenvalue weighted by molar-refractivity contribution is -0.122. The van der Waals surface area contributed by atoms with Crippen LogP contribution < -0.4 is 5.32 Å². The van der Waals surface area contributed by atoms with Gasteiger partial charge < -0.3 is 5.32 Å². The molecule has 21 heavy (non-hydrogen) atoms. The Morgan fingerprint density at radius 1 is 0.905 bits per heavy atom. The molecule has 1 fully saturated rings. The number of hydrogen-bond acceptors (Lipinski definition) is 1. The number of halogens is 1. The molecule has 0 atom stereocenters. The molecule has 0 aromatic heterocycles. The number of carbonyl (C=O) groups is 1. The topological polar surface area (TPSA) is 29.1 Å². The first-order valence-corrected chi connectivity index (χ1v) is 9.59. The second kappa shape index (κ2) is 12.3. The number of unbranched alkanes of at least 4 members (excludes halogenated alkanes) is 8. The molecule has 0 saturated heterocycles. The fourth-order valence-corrected chi connectivity index (χ4v) is 3.35. The van der Waals surface area contributed by atoms with Crippen molar-refractivity contribution in [3.63, 3.8) is 0 Å². The minimum Gasteiger partial charge on any atom is -0.353 e. The maximum Gasteiger partial charge on any atom is 0.220 e. The summed E-state index contributed by atoms with van der Waals surface area (Å²) in [6, 6.07) is 0.381. The number of hydrogen-bond donors (Lipinski definition) is 1. The second-order valence-electron chi connectivity index (χ2n) is 6.59. The van der Waals surface area contributed by atoms with Gasteiger partial charge in [-0.25, -0.2) is 0 Å². The minimum absolute atomic E-state index is 0.246. The van der Waals surface area contributed by atoms with E-state index < -0.39 is 0 Å². The molecule has 124 valence electrons. The first-order valence-electron chi connectivity index (χ1n) is 9.15. The predicted molar refractivity (Wildman–Crippen MR) is 91.9 cm³/mol. The summed E-state index contributed by atoms with van der Waals surface area (Å²) in [6.45, 7) is 2.26. The first kappa shape index (κ1) is 18.8. The standard InChI is InChI=1S/C18H34ClNO/c1-2-3-4-5-6-7-8-9-10-11-18(21)20-17-14-12-16(19)13-15-17/h16-17H,2-15H2,1H3,(H,20,21). The molecule has 1 aliphatic carbocycles. The highest BCUT2D eigenvalue weighted by molar-refractivity contribution is 6.20. The van der Waals surface area contributed by atoms with E-state index >= 15 is 0 Å². The van der Waals surface area contributed by atoms with Gasteiger partial charge in [0.05, 0.1) is 0 Å². The molecular weight excluding hydrogens is 282 g/mol. The molecule has 0 aromatic rings. The van der Waals surface area contributed by atoms with Crippen LogP contribution in [-0.2, 0) is 4.79 Å². The van der Waals surface area contributed by atoms with Gasteiger partial charge in [0.2, 0.25) is 5.91 Å². The lowest BCUT2D eigenvalue weighted by Crippen LogP contribution is -2.37. The van der Waals surface area contributed by atoms with Crippen molar-refractivity contribution in [3.05, 3.63) is 0 Å². The zero-order valence-corrected chi connectivity index (χ0v) is 14.6. The van der Waals surface area contributed by atoms with Crippen LogP contribution in [0.25, 0.3) is 0 Å². The summed E-state index contributed by atoms with van der Waals surface area (Å²) in [6.07, 6.45) is 16.6. The Balaban J connectivity index is 1.87. The molecule has 0 heterocycles. The molecule has 1 saturated carbocycles. The summed E-state index contributed by atoms with van der Waals surface area (Å²) in [4.78, 5) is 11.9. The number of nitrogens with one attached hydrogen (secondary N) is 1. The molecular formula is C18H34ClNO. The normalized spacial score (nSPS) is 22.2. The van der Waals surface area contributed by atoms with E-state index in [1.165, 1.54) is 51.4 Å². The Kier molecular flexibility index (Phi) is 11.0. The van der Waals surface area contributed by atoms with E-state index in [-0.39, 0.29) is 5.91 Å². The fourth-order valence-electron chi connectivity index (χ4n) is 3.09. The van der Waals surface area contributed by atoms with Gasteiger partial charge in [-0.2, -0.15) is 0 Å². The second-order valence-corrected chi connectivity index (χ2v) is 7.21. The summed E-state index contributed by atoms with van der Waals surface area (Å²) in [5.41, 5.74) is 0. The highest BCUT2D eigenvalue weighted by Crippen LogP contribution is 2.22. The monoisotopic (exact) mass is 315 g/mol. The number of amides is 1. The van der Waals surface area contributed by atoms with E-state index in [9.17, 15) is 4.79 Å². The zero-order valence-electron chi connectivity index (χ0n) is 13.8. The van der Waals surface area contributed by atoms with Crippen molar-refractivity contribution in [2.45, 2.75) is 108 Å². The van der Waals surface area contributed by atoms with Gasteiger partial charge in [-0.05, 0) is 32.1 Å². The number of rotatable bonds is 11. The molecule has 1 N–H and O–H groups in total. The van der Waals surface area contributed by atoms with Gasteiger partial charge in [0.15, 0.2) is 0 Å². The number of carbonyl (C=O) groups excluding carboxylic acids is 1. The quantitative estimate of drug-likeness (QED) is 0.392. The fraction of sp³-hybridized carbons (Fsp3) is 0.944. The SMILES string of the molecule is CCCCCCCCCCCC(=O)NC1CCC(Cl)CC1. The van der Waals surface area contributed by atoms with Crippen LogP contribution in [0.1, 0.15) is 96.8 Å². The van der Waals surface area contributed by atoms with Crippen molar-refractivity contribution < 1.29 is 4.79 Å². The van der Waals surface area contributed by atoms with Crippen molar-refractivity contribution in [1.29, 1.82) is 0 Å². The summed E-state index contributed by atoms with van der Waals surface area (Å²) >= 11 is 6.08. The van der Waals surface area contributed by atoms with E-state index in [1.54, 1.807) is 0 Å². The maximum atomic E-state index is 11.9. The van der Waals surface area contributed by atoms with Crippen LogP contribution in [0.15, 0.2) is 0 Å². The van der Waals surface area contributed by atoms with Crippen LogP contribution in [0, 0.1) is 0 Å². The highest BCUT2D eigenvalue weighted by Gasteiger charge is 2.20. The lowest BCUT2D eigenvalue weighted by atomic mass is 9.95. The molecule has 0 aliphatic heterocycles. The molecule has 2 nitrogen and oxygen atoms in total. The molecule has 0 unspecified atom stereocenters. The third-order valence-electron chi connectivity index (χ3n) is 4.53. The lowest BCUT2D eigenvalue weighted by Gasteiger charge is -2.25. The Morgan fingerprint density at radius 2 is 1.43 bits per heavy atom. The Hall–Kier alpha value is -0.240. The van der Waals surface area contributed by atoms with Crippen LogP contribution in [0.4, 0.5) is 0 Å². The van der Waals surface area contributed by atoms with Crippen LogP contribution in [0.3, 0.4) is 0 Å². The van der Waals surface area contributed by atoms with E-state index in [2.05, 4.69) is 12.2 Å². The smallest absolute Gasteiger partial charge is 0.220 e. The van der Waals surface area contributed by atoms with Crippen LogP contribution in [0.5, 0.6) is 0 Å². The third-order valence-corrected chi connectivity index (χ3v) is 4.97. The highest BCUT2D eigenvalue weighted by atomic mass is 35.5. The molecule has 1 aliphatic rings. The van der Waals surface area contributed by atoms with E-state index in [0.29, 0.717) is 17.8 Å². The summed E-state index contributed by atoms with van der Waals surface area (Å²) < 4.78 is 0. The summed E-state index contributed by atoms with van der Waals surface area (Å²) in [5, 5.41) is 3.50. The van der Waals surface area contributed by atoms with Crippen molar-refractivity contribution in [1.82, 2.24) is 5.32 Å². The first-order chi connectivity index (χ1) is 10.2. The van der Waals surface area contributed by atoms with Gasteiger partial charge >= 0.3 is 0 Å². The van der Waals surface area contributed by atoms with E-state index in [4.69, 9.17) is 11.6 Å². The molecule has 0 bridgehead atoms. The van der Waals surface area contributed by atoms with Gasteiger partial charge in [-0.3, -0.25) is 4.79 Å². The van der Waals surface area contributed by atoms with Crippen molar-refractivity contribution >= 4 is 17.5 Å². The Labute approximate surface area is 136 Å². The molecule has 0 spiro atoms. The molecule has 0 radical (unpaired) electrons. The van der Waals surface area contributed by atoms with Gasteiger partial charge in [0.1, 0.15) is 0 Å². The molecule has 1 rings (SSSR count). The average Bonchev–Trinajstić information content (AvgIpc) is 2.48.